The molecule has 10 nitrogen and oxygen atoms in total. The van der Waals surface area contributed by atoms with Gasteiger partial charge in [0.25, 0.3) is 0 Å². The number of nitrogens with two attached hydrogens (primary N) is 2. The van der Waals surface area contributed by atoms with Crippen LogP contribution in [0.2, 0.25) is 0 Å². The molecular weight excluding hydrogens is 488 g/mol. The third-order valence-corrected chi connectivity index (χ3v) is 5.75. The predicted octanol–water partition coefficient (Wildman–Crippen LogP) is 3.37. The first kappa shape index (κ1) is 28.0. The Morgan fingerprint density at radius 2 is 1.71 bits per heavy atom. The number of carbonyl (C=O) groups excluding carboxylic acids is 3. The fraction of sp³-hybridized carbons (Fsp3) is 0.250. The number of rotatable bonds is 12. The molecule has 38 heavy (non-hydrogen) atoms. The fourth-order valence-corrected chi connectivity index (χ4v) is 3.87. The van der Waals surface area contributed by atoms with Crippen molar-refractivity contribution in [3.63, 3.8) is 0 Å². The van der Waals surface area contributed by atoms with E-state index < -0.39 is 12.0 Å². The summed E-state index contributed by atoms with van der Waals surface area (Å²) in [5.41, 5.74) is 15.0. The smallest absolute Gasteiger partial charge is 0.337 e. The van der Waals surface area contributed by atoms with Crippen LogP contribution in [0, 0.1) is 6.92 Å². The number of anilines is 3. The second-order valence-electron chi connectivity index (χ2n) is 8.45. The number of para-hydroxylation sites is 1. The Hall–Kier alpha value is -4.57. The van der Waals surface area contributed by atoms with E-state index in [4.69, 9.17) is 20.9 Å². The van der Waals surface area contributed by atoms with Crippen molar-refractivity contribution in [2.75, 3.05) is 44.5 Å². The molecule has 0 unspecified atom stereocenters. The number of primary amides is 1. The van der Waals surface area contributed by atoms with Crippen molar-refractivity contribution in [2.24, 2.45) is 5.73 Å². The van der Waals surface area contributed by atoms with Gasteiger partial charge in [0.1, 0.15) is 18.1 Å². The highest BCUT2D eigenvalue weighted by Gasteiger charge is 2.21. The molecule has 0 aliphatic carbocycles. The highest BCUT2D eigenvalue weighted by molar-refractivity contribution is 6.00. The van der Waals surface area contributed by atoms with Crippen LogP contribution in [0.5, 0.6) is 11.5 Å². The van der Waals surface area contributed by atoms with Gasteiger partial charge in [0.15, 0.2) is 5.78 Å². The van der Waals surface area contributed by atoms with E-state index in [2.05, 4.69) is 10.1 Å². The van der Waals surface area contributed by atoms with Crippen LogP contribution >= 0.6 is 0 Å². The number of nitrogen functional groups attached to an aromatic ring is 1. The summed E-state index contributed by atoms with van der Waals surface area (Å²) < 4.78 is 15.8. The van der Waals surface area contributed by atoms with Gasteiger partial charge in [-0.15, -0.1) is 0 Å². The van der Waals surface area contributed by atoms with Crippen LogP contribution in [0.3, 0.4) is 0 Å². The summed E-state index contributed by atoms with van der Waals surface area (Å²) >= 11 is 0. The summed E-state index contributed by atoms with van der Waals surface area (Å²) in [6.45, 7) is 2.72. The Labute approximate surface area is 221 Å². The largest absolute Gasteiger partial charge is 0.495 e. The fourth-order valence-electron chi connectivity index (χ4n) is 3.87. The molecule has 0 atom stereocenters. The van der Waals surface area contributed by atoms with E-state index in [9.17, 15) is 14.4 Å². The maximum Gasteiger partial charge on any atom is 0.337 e. The first-order valence-corrected chi connectivity index (χ1v) is 11.9. The molecule has 5 N–H and O–H groups in total. The summed E-state index contributed by atoms with van der Waals surface area (Å²) in [5, 5.41) is 3.04. The number of hydrogen-bond donors (Lipinski definition) is 3. The number of ketones is 1. The zero-order valence-electron chi connectivity index (χ0n) is 21.7. The van der Waals surface area contributed by atoms with E-state index in [0.29, 0.717) is 40.7 Å². The molecule has 0 saturated carbocycles. The number of aryl methyl sites for hydroxylation is 1. The van der Waals surface area contributed by atoms with Gasteiger partial charge in [-0.3, -0.25) is 9.69 Å². The van der Waals surface area contributed by atoms with Crippen molar-refractivity contribution in [1.29, 1.82) is 0 Å². The molecule has 200 valence electrons. The van der Waals surface area contributed by atoms with E-state index in [1.807, 2.05) is 25.1 Å². The van der Waals surface area contributed by atoms with E-state index in [-0.39, 0.29) is 25.4 Å². The number of nitrogens with zero attached hydrogens (tertiary/aromatic N) is 1. The molecule has 0 aliphatic rings. The number of carbonyl (C=O) groups is 3. The number of Topliss-reactive ketones (excluding diaryl/α,β-unsaturated/α-hetero) is 1. The van der Waals surface area contributed by atoms with Gasteiger partial charge in [-0.2, -0.15) is 0 Å². The SMILES string of the molecule is COC(=O)c1ccc(OCCNCC(=O)Cc2ccc(N(C(N)=O)c3ccccc3C)c(OC)c2)c(N)c1. The molecule has 0 aromatic heterocycles. The molecule has 0 aliphatic heterocycles. The number of nitrogens with one attached hydrogen (secondary N) is 1. The second kappa shape index (κ2) is 13.1. The molecule has 0 saturated heterocycles. The van der Waals surface area contributed by atoms with Gasteiger partial charge in [-0.1, -0.05) is 24.3 Å². The Bertz CT molecular complexity index is 1310. The van der Waals surface area contributed by atoms with Crippen LogP contribution in [-0.2, 0) is 16.0 Å². The summed E-state index contributed by atoms with van der Waals surface area (Å²) in [6.07, 6.45) is 0.174. The molecule has 0 fully saturated rings. The number of amides is 2. The summed E-state index contributed by atoms with van der Waals surface area (Å²) in [4.78, 5) is 37.8. The standard InChI is InChI=1S/C28H32N4O6/c1-18-6-4-5-7-23(18)32(28(30)35)24-10-8-19(15-26(24)36-2)14-21(33)17-31-12-13-38-25-11-9-20(16-22(25)29)27(34)37-3/h4-11,15-16,31H,12-14,17,29H2,1-3H3,(H2,30,35). The molecule has 3 aromatic carbocycles. The monoisotopic (exact) mass is 520 g/mol. The Morgan fingerprint density at radius 1 is 0.947 bits per heavy atom. The van der Waals surface area contributed by atoms with Crippen LogP contribution < -0.4 is 31.2 Å². The third kappa shape index (κ3) is 7.01. The topological polar surface area (TPSA) is 146 Å². The van der Waals surface area contributed by atoms with Crippen LogP contribution in [0.4, 0.5) is 21.9 Å². The van der Waals surface area contributed by atoms with E-state index in [0.717, 1.165) is 11.1 Å². The third-order valence-electron chi connectivity index (χ3n) is 5.75. The zero-order valence-corrected chi connectivity index (χ0v) is 21.7. The quantitative estimate of drug-likeness (QED) is 0.187. The van der Waals surface area contributed by atoms with Crippen molar-refractivity contribution in [3.8, 4) is 11.5 Å². The van der Waals surface area contributed by atoms with Gasteiger partial charge in [0.05, 0.1) is 43.4 Å². The van der Waals surface area contributed by atoms with Gasteiger partial charge in [-0.25, -0.2) is 9.59 Å². The summed E-state index contributed by atoms with van der Waals surface area (Å²) in [7, 11) is 2.80. The van der Waals surface area contributed by atoms with Crippen LogP contribution in [-0.4, -0.2) is 51.7 Å². The average molecular weight is 521 g/mol. The Balaban J connectivity index is 1.54. The highest BCUT2D eigenvalue weighted by atomic mass is 16.5. The lowest BCUT2D eigenvalue weighted by Gasteiger charge is -2.24. The van der Waals surface area contributed by atoms with E-state index in [1.165, 1.54) is 25.2 Å². The lowest BCUT2D eigenvalue weighted by Crippen LogP contribution is -2.32. The Kier molecular flexibility index (Phi) is 9.66. The molecule has 0 bridgehead atoms. The molecule has 0 spiro atoms. The van der Waals surface area contributed by atoms with Gasteiger partial charge in [0, 0.05) is 13.0 Å². The highest BCUT2D eigenvalue weighted by Crippen LogP contribution is 2.36. The van der Waals surface area contributed by atoms with Gasteiger partial charge in [-0.05, 0) is 54.4 Å². The second-order valence-corrected chi connectivity index (χ2v) is 8.45. The van der Waals surface area contributed by atoms with Crippen molar-refractivity contribution < 1.29 is 28.6 Å². The van der Waals surface area contributed by atoms with Gasteiger partial charge in [0.2, 0.25) is 0 Å². The van der Waals surface area contributed by atoms with Crippen LogP contribution in [0.25, 0.3) is 0 Å². The number of esters is 1. The first-order valence-electron chi connectivity index (χ1n) is 11.9. The van der Waals surface area contributed by atoms with Gasteiger partial charge >= 0.3 is 12.0 Å². The minimum atomic E-state index is -0.644. The van der Waals surface area contributed by atoms with Crippen molar-refractivity contribution in [3.05, 3.63) is 77.4 Å². The number of methoxy groups -OCH3 is 2. The molecule has 2 amide bonds. The zero-order chi connectivity index (χ0) is 27.7. The number of urea groups is 1. The number of hydrogen-bond acceptors (Lipinski definition) is 8. The van der Waals surface area contributed by atoms with Crippen molar-refractivity contribution in [1.82, 2.24) is 5.32 Å². The molecule has 3 aromatic rings. The molecule has 10 heteroatoms. The lowest BCUT2D eigenvalue weighted by molar-refractivity contribution is -0.117. The predicted molar refractivity (Wildman–Crippen MR) is 145 cm³/mol. The molecular formula is C28H32N4O6. The van der Waals surface area contributed by atoms with Crippen LogP contribution in [0.1, 0.15) is 21.5 Å². The maximum absolute atomic E-state index is 12.5. The molecule has 3 rings (SSSR count). The maximum atomic E-state index is 12.5. The Morgan fingerprint density at radius 3 is 2.37 bits per heavy atom. The van der Waals surface area contributed by atoms with Crippen LogP contribution in [0.15, 0.2) is 60.7 Å². The van der Waals surface area contributed by atoms with Gasteiger partial charge < -0.3 is 31.0 Å². The normalized spacial score (nSPS) is 10.5. The first-order chi connectivity index (χ1) is 18.2. The van der Waals surface area contributed by atoms with E-state index in [1.54, 1.807) is 36.4 Å². The number of ether oxygens (including phenoxy) is 3. The lowest BCUT2D eigenvalue weighted by atomic mass is 10.1. The van der Waals surface area contributed by atoms with Crippen molar-refractivity contribution in [2.45, 2.75) is 13.3 Å². The minimum absolute atomic E-state index is 0.0348. The molecule has 0 heterocycles. The molecule has 0 radical (unpaired) electrons. The average Bonchev–Trinajstić information content (AvgIpc) is 2.90. The number of benzene rings is 3. The van der Waals surface area contributed by atoms with E-state index >= 15 is 0 Å². The minimum Gasteiger partial charge on any atom is -0.495 e. The summed E-state index contributed by atoms with van der Waals surface area (Å²) in [5.74, 6) is 0.350. The summed E-state index contributed by atoms with van der Waals surface area (Å²) in [6, 6.07) is 16.6. The van der Waals surface area contributed by atoms with Crippen molar-refractivity contribution >= 4 is 34.8 Å².